The Morgan fingerprint density at radius 1 is 1.11 bits per heavy atom. The Balaban J connectivity index is 2.08. The lowest BCUT2D eigenvalue weighted by Crippen LogP contribution is -2.02. The average Bonchev–Trinajstić information content (AvgIpc) is 3.08. The van der Waals surface area contributed by atoms with Gasteiger partial charge in [-0.2, -0.15) is 0 Å². The molecule has 2 N–H and O–H groups in total. The van der Waals surface area contributed by atoms with Gasteiger partial charge < -0.3 is 10.2 Å². The van der Waals surface area contributed by atoms with Gasteiger partial charge in [-0.3, -0.25) is 0 Å². The first-order valence-electron chi connectivity index (χ1n) is 6.17. The molecule has 0 fully saturated rings. The fourth-order valence-corrected chi connectivity index (χ4v) is 3.05. The van der Waals surface area contributed by atoms with Crippen molar-refractivity contribution in [1.82, 2.24) is 4.98 Å². The maximum Gasteiger partial charge on any atom is 0.162 e. The number of hydrogen-bond donors (Lipinski definition) is 1. The highest BCUT2D eigenvalue weighted by Crippen LogP contribution is 2.34. The van der Waals surface area contributed by atoms with Crippen LogP contribution in [0.15, 0.2) is 53.1 Å². The number of benzene rings is 1. The number of hydrogen-bond acceptors (Lipinski definition) is 4. The first-order valence-corrected chi connectivity index (χ1v) is 6.99. The van der Waals surface area contributed by atoms with Crippen molar-refractivity contribution < 1.29 is 4.42 Å². The maximum atomic E-state index is 5.69. The summed E-state index contributed by atoms with van der Waals surface area (Å²) in [5.74, 6) is 0.811. The zero-order valence-electron chi connectivity index (χ0n) is 10.4. The van der Waals surface area contributed by atoms with Crippen LogP contribution in [0.4, 0.5) is 0 Å². The molecule has 0 spiro atoms. The van der Waals surface area contributed by atoms with E-state index in [0.29, 0.717) is 6.54 Å². The van der Waals surface area contributed by atoms with Crippen molar-refractivity contribution in [3.05, 3.63) is 53.6 Å². The second kappa shape index (κ2) is 5.38. The Morgan fingerprint density at radius 2 is 1.95 bits per heavy atom. The van der Waals surface area contributed by atoms with Crippen LogP contribution in [0.2, 0.25) is 0 Å². The normalized spacial score (nSPS) is 10.8. The van der Waals surface area contributed by atoms with Crippen LogP contribution >= 0.6 is 11.3 Å². The molecule has 0 saturated carbocycles. The van der Waals surface area contributed by atoms with Gasteiger partial charge in [-0.05, 0) is 25.1 Å². The van der Waals surface area contributed by atoms with E-state index >= 15 is 0 Å². The summed E-state index contributed by atoms with van der Waals surface area (Å²) in [6.07, 6.45) is 2.50. The van der Waals surface area contributed by atoms with Crippen LogP contribution in [0.3, 0.4) is 0 Å². The SMILES string of the molecule is NCCc1sc(-c2ccco2)nc1-c1ccccc1. The number of nitrogens with two attached hydrogens (primary N) is 1. The molecule has 0 radical (unpaired) electrons. The summed E-state index contributed by atoms with van der Waals surface area (Å²) in [6, 6.07) is 14.0. The summed E-state index contributed by atoms with van der Waals surface area (Å²) in [7, 11) is 0. The van der Waals surface area contributed by atoms with E-state index in [1.54, 1.807) is 17.6 Å². The molecule has 4 heteroatoms. The molecular weight excluding hydrogens is 256 g/mol. The third-order valence-corrected chi connectivity index (χ3v) is 3.98. The van der Waals surface area contributed by atoms with E-state index in [1.807, 2.05) is 30.3 Å². The number of thiazole rings is 1. The molecule has 2 heterocycles. The van der Waals surface area contributed by atoms with Gasteiger partial charge in [-0.1, -0.05) is 30.3 Å². The van der Waals surface area contributed by atoms with Crippen LogP contribution in [0.1, 0.15) is 4.88 Å². The van der Waals surface area contributed by atoms with E-state index in [-0.39, 0.29) is 0 Å². The van der Waals surface area contributed by atoms with Crippen molar-refractivity contribution in [3.8, 4) is 22.0 Å². The van der Waals surface area contributed by atoms with E-state index in [9.17, 15) is 0 Å². The lowest BCUT2D eigenvalue weighted by Gasteiger charge is -2.00. The fraction of sp³-hybridized carbons (Fsp3) is 0.133. The molecule has 0 saturated heterocycles. The Morgan fingerprint density at radius 3 is 2.63 bits per heavy atom. The van der Waals surface area contributed by atoms with Crippen molar-refractivity contribution >= 4 is 11.3 Å². The molecule has 0 aliphatic carbocycles. The Hall–Kier alpha value is -1.91. The lowest BCUT2D eigenvalue weighted by molar-refractivity contribution is 0.582. The highest BCUT2D eigenvalue weighted by molar-refractivity contribution is 7.15. The minimum atomic E-state index is 0.625. The summed E-state index contributed by atoms with van der Waals surface area (Å²) in [6.45, 7) is 0.625. The molecule has 1 aromatic carbocycles. The monoisotopic (exact) mass is 270 g/mol. The molecule has 3 nitrogen and oxygen atoms in total. The maximum absolute atomic E-state index is 5.69. The molecule has 96 valence electrons. The molecule has 0 bridgehead atoms. The van der Waals surface area contributed by atoms with Crippen molar-refractivity contribution in [2.75, 3.05) is 6.54 Å². The minimum Gasteiger partial charge on any atom is -0.462 e. The average molecular weight is 270 g/mol. The highest BCUT2D eigenvalue weighted by atomic mass is 32.1. The quantitative estimate of drug-likeness (QED) is 0.788. The number of rotatable bonds is 4. The molecule has 19 heavy (non-hydrogen) atoms. The second-order valence-corrected chi connectivity index (χ2v) is 5.26. The molecule has 0 amide bonds. The van der Waals surface area contributed by atoms with Gasteiger partial charge in [0, 0.05) is 10.4 Å². The van der Waals surface area contributed by atoms with Crippen molar-refractivity contribution in [2.24, 2.45) is 5.73 Å². The van der Waals surface area contributed by atoms with Crippen molar-refractivity contribution in [2.45, 2.75) is 6.42 Å². The van der Waals surface area contributed by atoms with Gasteiger partial charge in [0.25, 0.3) is 0 Å². The number of furan rings is 1. The largest absolute Gasteiger partial charge is 0.462 e. The van der Waals surface area contributed by atoms with E-state index in [1.165, 1.54) is 4.88 Å². The van der Waals surface area contributed by atoms with Gasteiger partial charge in [0.15, 0.2) is 10.8 Å². The Kier molecular flexibility index (Phi) is 3.44. The van der Waals surface area contributed by atoms with Crippen molar-refractivity contribution in [3.63, 3.8) is 0 Å². The van der Waals surface area contributed by atoms with Crippen LogP contribution in [0, 0.1) is 0 Å². The molecule has 0 aliphatic rings. The van der Waals surface area contributed by atoms with Gasteiger partial charge in [0.1, 0.15) is 0 Å². The molecule has 3 rings (SSSR count). The molecular formula is C15H14N2OS. The van der Waals surface area contributed by atoms with E-state index in [4.69, 9.17) is 15.1 Å². The topological polar surface area (TPSA) is 52.0 Å². The van der Waals surface area contributed by atoms with Gasteiger partial charge >= 0.3 is 0 Å². The molecule has 0 unspecified atom stereocenters. The number of nitrogens with zero attached hydrogens (tertiary/aromatic N) is 1. The molecule has 3 aromatic rings. The van der Waals surface area contributed by atoms with E-state index in [0.717, 1.165) is 28.4 Å². The Labute approximate surface area is 115 Å². The Bertz CT molecular complexity index is 644. The standard InChI is InChI=1S/C15H14N2OS/c16-9-8-13-14(11-5-2-1-3-6-11)17-15(19-13)12-7-4-10-18-12/h1-7,10H,8-9,16H2. The van der Waals surface area contributed by atoms with Gasteiger partial charge in [0.05, 0.1) is 12.0 Å². The predicted molar refractivity (Wildman–Crippen MR) is 78.0 cm³/mol. The lowest BCUT2D eigenvalue weighted by atomic mass is 10.1. The van der Waals surface area contributed by atoms with Gasteiger partial charge in [0.2, 0.25) is 0 Å². The highest BCUT2D eigenvalue weighted by Gasteiger charge is 2.14. The zero-order valence-corrected chi connectivity index (χ0v) is 11.2. The summed E-state index contributed by atoms with van der Waals surface area (Å²) in [5, 5.41) is 0.910. The third-order valence-electron chi connectivity index (χ3n) is 2.85. The fourth-order valence-electron chi connectivity index (χ4n) is 1.98. The van der Waals surface area contributed by atoms with Crippen LogP contribution < -0.4 is 5.73 Å². The van der Waals surface area contributed by atoms with Crippen LogP contribution in [-0.2, 0) is 6.42 Å². The smallest absolute Gasteiger partial charge is 0.162 e. The molecule has 2 aromatic heterocycles. The summed E-state index contributed by atoms with van der Waals surface area (Å²) in [5.41, 5.74) is 7.83. The van der Waals surface area contributed by atoms with E-state index in [2.05, 4.69) is 12.1 Å². The zero-order chi connectivity index (χ0) is 13.1. The van der Waals surface area contributed by atoms with Gasteiger partial charge in [-0.15, -0.1) is 11.3 Å². The van der Waals surface area contributed by atoms with Crippen LogP contribution in [0.5, 0.6) is 0 Å². The summed E-state index contributed by atoms with van der Waals surface area (Å²) < 4.78 is 5.42. The predicted octanol–water partition coefficient (Wildman–Crippen LogP) is 3.57. The molecule has 0 aliphatic heterocycles. The summed E-state index contributed by atoms with van der Waals surface area (Å²) >= 11 is 1.65. The van der Waals surface area contributed by atoms with Crippen LogP contribution in [-0.4, -0.2) is 11.5 Å². The second-order valence-electron chi connectivity index (χ2n) is 4.17. The van der Waals surface area contributed by atoms with Crippen LogP contribution in [0.25, 0.3) is 22.0 Å². The first-order chi connectivity index (χ1) is 9.38. The first kappa shape index (κ1) is 12.1. The number of aromatic nitrogens is 1. The van der Waals surface area contributed by atoms with Gasteiger partial charge in [-0.25, -0.2) is 4.98 Å². The van der Waals surface area contributed by atoms with Crippen molar-refractivity contribution in [1.29, 1.82) is 0 Å². The van der Waals surface area contributed by atoms with E-state index < -0.39 is 0 Å². The summed E-state index contributed by atoms with van der Waals surface area (Å²) in [4.78, 5) is 5.92. The minimum absolute atomic E-state index is 0.625. The third kappa shape index (κ3) is 2.45. The molecule has 0 atom stereocenters.